The lowest BCUT2D eigenvalue weighted by atomic mass is 9.53. The van der Waals surface area contributed by atoms with Crippen LogP contribution in [0.1, 0.15) is 49.7 Å². The number of hydrogen-bond donors (Lipinski definition) is 4. The molecular weight excluding hydrogens is 476 g/mol. The summed E-state index contributed by atoms with van der Waals surface area (Å²) in [6.45, 7) is 2.87. The second kappa shape index (κ2) is 8.69. The van der Waals surface area contributed by atoms with E-state index in [0.29, 0.717) is 28.8 Å². The van der Waals surface area contributed by atoms with Crippen molar-refractivity contribution in [1.82, 2.24) is 19.1 Å². The maximum Gasteiger partial charge on any atom is 0.353 e. The van der Waals surface area contributed by atoms with Gasteiger partial charge < -0.3 is 25.0 Å². The van der Waals surface area contributed by atoms with Crippen LogP contribution in [0.2, 0.25) is 0 Å². The standard InChI is InChI=1S/C27H34N4O6/c1-13-3-18-19(4-14(13)2)30(11-20(33)23(35)21(34)12-32)24-22(28-18)25(36)31(26(37)29-24)27-8-15-5-16(9-27)7-17(6-15)10-27/h3-4,15-17,20-21,23,32-35H,5-12H2,1-2H3. The fraction of sp³-hybridized carbons (Fsp3) is 0.630. The second-order valence-corrected chi connectivity index (χ2v) is 11.8. The zero-order valence-electron chi connectivity index (χ0n) is 21.2. The third kappa shape index (κ3) is 3.84. The first-order valence-corrected chi connectivity index (χ1v) is 13.2. The van der Waals surface area contributed by atoms with Crippen LogP contribution in [0.15, 0.2) is 21.7 Å². The summed E-state index contributed by atoms with van der Waals surface area (Å²) in [5.41, 5.74) is 1.42. The normalized spacial score (nSPS) is 29.2. The van der Waals surface area contributed by atoms with E-state index in [1.54, 1.807) is 0 Å². The molecule has 6 aliphatic rings. The summed E-state index contributed by atoms with van der Waals surface area (Å²) in [6.07, 6.45) is 1.28. The van der Waals surface area contributed by atoms with Crippen LogP contribution in [0.3, 0.4) is 0 Å². The first-order valence-electron chi connectivity index (χ1n) is 13.2. The lowest BCUT2D eigenvalue weighted by Crippen LogP contribution is -2.59. The number of aromatic nitrogens is 4. The van der Waals surface area contributed by atoms with Gasteiger partial charge in [-0.05, 0) is 93.4 Å². The summed E-state index contributed by atoms with van der Waals surface area (Å²) >= 11 is 0. The van der Waals surface area contributed by atoms with Gasteiger partial charge in [-0.25, -0.2) is 9.78 Å². The van der Waals surface area contributed by atoms with Crippen LogP contribution < -0.4 is 11.2 Å². The summed E-state index contributed by atoms with van der Waals surface area (Å²) in [4.78, 5) is 36.7. The number of nitrogens with zero attached hydrogens (tertiary/aromatic N) is 4. The van der Waals surface area contributed by atoms with E-state index in [1.165, 1.54) is 28.4 Å². The molecule has 1 aromatic carbocycles. The Balaban J connectivity index is 1.56. The predicted octanol–water partition coefficient (Wildman–Crippen LogP) is 0.675. The minimum atomic E-state index is -1.64. The lowest BCUT2D eigenvalue weighted by Gasteiger charge is -2.56. The average molecular weight is 511 g/mol. The number of aryl methyl sites for hydroxylation is 2. The highest BCUT2D eigenvalue weighted by molar-refractivity contribution is 5.81. The smallest absolute Gasteiger partial charge is 0.353 e. The quantitative estimate of drug-likeness (QED) is 0.354. The molecule has 4 aliphatic carbocycles. The van der Waals surface area contributed by atoms with Crippen LogP contribution in [0.4, 0.5) is 0 Å². The number of fused-ring (bicyclic) bond motifs is 2. The van der Waals surface area contributed by atoms with Gasteiger partial charge in [0.2, 0.25) is 0 Å². The van der Waals surface area contributed by atoms with E-state index in [-0.39, 0.29) is 18.1 Å². The topological polar surface area (TPSA) is 151 Å². The van der Waals surface area contributed by atoms with Crippen LogP contribution in [0, 0.1) is 31.6 Å². The Morgan fingerprint density at radius 2 is 1.54 bits per heavy atom. The Labute approximate surface area is 213 Å². The van der Waals surface area contributed by atoms with Crippen molar-refractivity contribution in [3.05, 3.63) is 44.1 Å². The fourth-order valence-electron chi connectivity index (χ4n) is 7.70. The van der Waals surface area contributed by atoms with Crippen LogP contribution in [0.5, 0.6) is 0 Å². The molecule has 3 atom stereocenters. The Hall–Kier alpha value is -2.66. The third-order valence-electron chi connectivity index (χ3n) is 9.21. The Bertz CT molecular complexity index is 1430. The summed E-state index contributed by atoms with van der Waals surface area (Å²) in [5.74, 6) is 1.63. The van der Waals surface area contributed by atoms with E-state index in [9.17, 15) is 30.0 Å². The van der Waals surface area contributed by atoms with E-state index in [1.807, 2.05) is 26.0 Å². The van der Waals surface area contributed by atoms with Crippen LogP contribution >= 0.6 is 0 Å². The van der Waals surface area contributed by atoms with Gasteiger partial charge in [0.05, 0.1) is 29.7 Å². The van der Waals surface area contributed by atoms with Gasteiger partial charge in [0, 0.05) is 0 Å². The van der Waals surface area contributed by atoms with E-state index >= 15 is 0 Å². The molecule has 0 aromatic heterocycles. The maximum absolute atomic E-state index is 14.0. The van der Waals surface area contributed by atoms with Gasteiger partial charge in [0.25, 0.3) is 5.56 Å². The van der Waals surface area contributed by atoms with Crippen molar-refractivity contribution >= 4 is 11.0 Å². The van der Waals surface area contributed by atoms with Gasteiger partial charge in [0.1, 0.15) is 18.3 Å². The molecule has 2 heterocycles. The summed E-state index contributed by atoms with van der Waals surface area (Å²) in [7, 11) is 0. The monoisotopic (exact) mass is 510 g/mol. The van der Waals surface area contributed by atoms with Crippen LogP contribution in [-0.2, 0) is 12.1 Å². The summed E-state index contributed by atoms with van der Waals surface area (Å²) < 4.78 is 2.90. The molecule has 0 amide bonds. The van der Waals surface area contributed by atoms with Gasteiger partial charge in [-0.2, -0.15) is 4.98 Å². The van der Waals surface area contributed by atoms with Crippen molar-refractivity contribution in [2.24, 2.45) is 17.8 Å². The number of aliphatic hydroxyl groups excluding tert-OH is 4. The maximum atomic E-state index is 14.0. The highest BCUT2D eigenvalue weighted by Crippen LogP contribution is 2.58. The van der Waals surface area contributed by atoms with Crippen molar-refractivity contribution in [2.75, 3.05) is 6.61 Å². The molecule has 4 bridgehead atoms. The predicted molar refractivity (Wildman–Crippen MR) is 135 cm³/mol. The number of benzene rings is 1. The van der Waals surface area contributed by atoms with E-state index < -0.39 is 41.7 Å². The minimum absolute atomic E-state index is 0.0384. The molecule has 198 valence electrons. The Morgan fingerprint density at radius 1 is 0.946 bits per heavy atom. The zero-order chi connectivity index (χ0) is 26.2. The van der Waals surface area contributed by atoms with Gasteiger partial charge in [-0.15, -0.1) is 0 Å². The SMILES string of the molecule is Cc1cc2nc3c(=O)n(C45CC6CC(CC(C6)C4)C5)c(=O)nc-3n(CC(O)C(O)C(O)CO)c2cc1C. The van der Waals surface area contributed by atoms with Crippen LogP contribution in [-0.4, -0.2) is 64.4 Å². The molecular formula is C27H34N4O6. The second-order valence-electron chi connectivity index (χ2n) is 11.8. The molecule has 1 aromatic rings. The van der Waals surface area contributed by atoms with Gasteiger partial charge in [-0.3, -0.25) is 9.36 Å². The Kier molecular flexibility index (Phi) is 5.79. The molecule has 10 nitrogen and oxygen atoms in total. The fourth-order valence-corrected chi connectivity index (χ4v) is 7.70. The van der Waals surface area contributed by atoms with E-state index in [0.717, 1.165) is 30.4 Å². The van der Waals surface area contributed by atoms with Crippen molar-refractivity contribution in [2.45, 2.75) is 82.8 Å². The molecule has 7 rings (SSSR count). The zero-order valence-corrected chi connectivity index (χ0v) is 21.2. The number of aliphatic hydroxyl groups is 4. The molecule has 0 saturated heterocycles. The van der Waals surface area contributed by atoms with Crippen molar-refractivity contribution in [3.63, 3.8) is 0 Å². The molecule has 3 unspecified atom stereocenters. The first-order chi connectivity index (χ1) is 17.6. The molecule has 4 fully saturated rings. The van der Waals surface area contributed by atoms with E-state index in [2.05, 4.69) is 9.97 Å². The lowest BCUT2D eigenvalue weighted by molar-refractivity contribution is -0.0802. The molecule has 2 aliphatic heterocycles. The average Bonchev–Trinajstić information content (AvgIpc) is 2.83. The summed E-state index contributed by atoms with van der Waals surface area (Å²) in [5, 5.41) is 40.1. The van der Waals surface area contributed by atoms with Crippen molar-refractivity contribution in [1.29, 1.82) is 0 Å². The molecule has 0 radical (unpaired) electrons. The highest BCUT2D eigenvalue weighted by atomic mass is 16.4. The first kappa shape index (κ1) is 24.7. The molecule has 4 N–H and O–H groups in total. The van der Waals surface area contributed by atoms with Crippen molar-refractivity contribution in [3.8, 4) is 11.5 Å². The highest BCUT2D eigenvalue weighted by Gasteiger charge is 2.53. The van der Waals surface area contributed by atoms with Gasteiger partial charge in [-0.1, -0.05) is 0 Å². The largest absolute Gasteiger partial charge is 0.394 e. The van der Waals surface area contributed by atoms with Crippen molar-refractivity contribution < 1.29 is 20.4 Å². The third-order valence-corrected chi connectivity index (χ3v) is 9.21. The Morgan fingerprint density at radius 3 is 2.14 bits per heavy atom. The van der Waals surface area contributed by atoms with Crippen LogP contribution in [0.25, 0.3) is 22.6 Å². The van der Waals surface area contributed by atoms with Gasteiger partial charge in [0.15, 0.2) is 11.5 Å². The molecule has 10 heteroatoms. The number of hydrogen-bond acceptors (Lipinski definition) is 8. The molecule has 37 heavy (non-hydrogen) atoms. The van der Waals surface area contributed by atoms with Gasteiger partial charge >= 0.3 is 5.69 Å². The molecule has 0 spiro atoms. The van der Waals surface area contributed by atoms with E-state index in [4.69, 9.17) is 0 Å². The number of rotatable bonds is 6. The molecule has 4 saturated carbocycles. The minimum Gasteiger partial charge on any atom is -0.394 e. The summed E-state index contributed by atoms with van der Waals surface area (Å²) in [6, 6.07) is 3.70.